The van der Waals surface area contributed by atoms with Gasteiger partial charge in [0, 0.05) is 12.7 Å². The first kappa shape index (κ1) is 15.8. The molecule has 0 fully saturated rings. The Morgan fingerprint density at radius 2 is 2.00 bits per heavy atom. The van der Waals surface area contributed by atoms with Crippen LogP contribution >= 0.6 is 0 Å². The van der Waals surface area contributed by atoms with Crippen LogP contribution in [0.15, 0.2) is 29.1 Å². The smallest absolute Gasteiger partial charge is 0.200 e. The lowest BCUT2D eigenvalue weighted by Crippen LogP contribution is -2.35. The van der Waals surface area contributed by atoms with Gasteiger partial charge in [-0.15, -0.1) is 0 Å². The molecule has 19 heavy (non-hydrogen) atoms. The molecule has 0 amide bonds. The predicted molar refractivity (Wildman–Crippen MR) is 79.0 cm³/mol. The van der Waals surface area contributed by atoms with Crippen molar-refractivity contribution in [2.75, 3.05) is 13.2 Å². The second-order valence-corrected chi connectivity index (χ2v) is 4.52. The van der Waals surface area contributed by atoms with Gasteiger partial charge in [-0.1, -0.05) is 32.8 Å². The van der Waals surface area contributed by atoms with Gasteiger partial charge in [0.25, 0.3) is 0 Å². The number of hydrazone groups is 1. The van der Waals surface area contributed by atoms with Gasteiger partial charge in [-0.3, -0.25) is 5.43 Å². The van der Waals surface area contributed by atoms with Crippen LogP contribution in [-0.4, -0.2) is 25.2 Å². The molecule has 1 aliphatic rings. The maximum Gasteiger partial charge on any atom is 0.200 e. The van der Waals surface area contributed by atoms with Gasteiger partial charge in [-0.05, 0) is 25.8 Å². The number of unbranched alkanes of at least 4 members (excludes halogenated alkanes) is 2. The second-order valence-electron chi connectivity index (χ2n) is 4.52. The Morgan fingerprint density at radius 1 is 1.26 bits per heavy atom. The molecule has 1 N–H and O–H groups in total. The zero-order valence-corrected chi connectivity index (χ0v) is 12.3. The molecule has 1 heterocycles. The minimum absolute atomic E-state index is 0.252. The Hall–Kier alpha value is -1.29. The van der Waals surface area contributed by atoms with Crippen LogP contribution in [0.3, 0.4) is 0 Å². The van der Waals surface area contributed by atoms with E-state index in [0.29, 0.717) is 0 Å². The molecule has 1 unspecified atom stereocenters. The normalized spacial score (nSPS) is 19.0. The summed E-state index contributed by atoms with van der Waals surface area (Å²) in [6.07, 6.45) is 9.94. The topological polar surface area (TPSA) is 42.9 Å². The summed E-state index contributed by atoms with van der Waals surface area (Å²) in [5.41, 5.74) is 3.88. The molecule has 1 atom stereocenters. The number of nitrogens with one attached hydrogen (secondary N) is 1. The molecule has 1 rings (SSSR count). The molecule has 0 bridgehead atoms. The Morgan fingerprint density at radius 3 is 2.68 bits per heavy atom. The molecule has 108 valence electrons. The third kappa shape index (κ3) is 5.92. The van der Waals surface area contributed by atoms with Gasteiger partial charge >= 0.3 is 0 Å². The molecule has 0 aromatic carbocycles. The largest absolute Gasteiger partial charge is 0.493 e. The monoisotopic (exact) mass is 266 g/mol. The van der Waals surface area contributed by atoms with Gasteiger partial charge in [-0.2, -0.15) is 5.10 Å². The van der Waals surface area contributed by atoms with E-state index in [-0.39, 0.29) is 6.23 Å². The number of hydrogen-bond acceptors (Lipinski definition) is 4. The second kappa shape index (κ2) is 9.62. The van der Waals surface area contributed by atoms with Gasteiger partial charge in [-0.25, -0.2) is 0 Å². The van der Waals surface area contributed by atoms with Crippen LogP contribution in [0, 0.1) is 0 Å². The summed E-state index contributed by atoms with van der Waals surface area (Å²) in [7, 11) is 0. The molecule has 0 aromatic rings. The van der Waals surface area contributed by atoms with E-state index in [0.717, 1.165) is 50.4 Å². The summed E-state index contributed by atoms with van der Waals surface area (Å²) in [5.74, 6) is 0.827. The highest BCUT2D eigenvalue weighted by atomic mass is 16.5. The fourth-order valence-electron chi connectivity index (χ4n) is 1.62. The summed E-state index contributed by atoms with van der Waals surface area (Å²) in [6.45, 7) is 7.71. The van der Waals surface area contributed by atoms with Crippen LogP contribution < -0.4 is 5.43 Å². The van der Waals surface area contributed by atoms with Crippen LogP contribution in [0.5, 0.6) is 0 Å². The summed E-state index contributed by atoms with van der Waals surface area (Å²) < 4.78 is 11.6. The van der Waals surface area contributed by atoms with Crippen LogP contribution in [0.25, 0.3) is 0 Å². The highest BCUT2D eigenvalue weighted by molar-refractivity contribution is 6.04. The molecule has 0 saturated heterocycles. The van der Waals surface area contributed by atoms with Crippen LogP contribution in [0.2, 0.25) is 0 Å². The maximum absolute atomic E-state index is 5.80. The van der Waals surface area contributed by atoms with Crippen molar-refractivity contribution in [3.63, 3.8) is 0 Å². The molecule has 0 aliphatic carbocycles. The lowest BCUT2D eigenvalue weighted by Gasteiger charge is -2.24. The first-order valence-corrected chi connectivity index (χ1v) is 7.23. The van der Waals surface area contributed by atoms with E-state index in [1.165, 1.54) is 0 Å². The molecular weight excluding hydrogens is 240 g/mol. The highest BCUT2D eigenvalue weighted by Gasteiger charge is 2.19. The third-order valence-electron chi connectivity index (χ3n) is 2.75. The number of hydrogen-bond donors (Lipinski definition) is 1. The third-order valence-corrected chi connectivity index (χ3v) is 2.75. The molecule has 0 radical (unpaired) electrons. The van der Waals surface area contributed by atoms with Crippen molar-refractivity contribution in [3.8, 4) is 0 Å². The predicted octanol–water partition coefficient (Wildman–Crippen LogP) is 3.37. The van der Waals surface area contributed by atoms with Gasteiger partial charge < -0.3 is 9.47 Å². The summed E-state index contributed by atoms with van der Waals surface area (Å²) in [4.78, 5) is 0. The number of nitrogens with zero attached hydrogens (tertiary/aromatic N) is 1. The van der Waals surface area contributed by atoms with Gasteiger partial charge in [0.15, 0.2) is 0 Å². The van der Waals surface area contributed by atoms with Crippen LogP contribution in [0.1, 0.15) is 46.5 Å². The molecule has 0 spiro atoms. The SMILES string of the molecule is C/C=C/C1=NNC(OCCCC)C(OCCCC)=C1. The fraction of sp³-hybridized carbons (Fsp3) is 0.667. The zero-order chi connectivity index (χ0) is 13.9. The quantitative estimate of drug-likeness (QED) is 0.651. The average Bonchev–Trinajstić information content (AvgIpc) is 2.42. The first-order chi connectivity index (χ1) is 9.31. The molecule has 1 aliphatic heterocycles. The maximum atomic E-state index is 5.80. The molecule has 0 aromatic heterocycles. The summed E-state index contributed by atoms with van der Waals surface area (Å²) >= 11 is 0. The van der Waals surface area contributed by atoms with Gasteiger partial charge in [0.05, 0.1) is 12.3 Å². The van der Waals surface area contributed by atoms with Crippen molar-refractivity contribution < 1.29 is 9.47 Å². The van der Waals surface area contributed by atoms with E-state index in [1.54, 1.807) is 0 Å². The number of rotatable bonds is 9. The lowest BCUT2D eigenvalue weighted by molar-refractivity contribution is 0.00723. The van der Waals surface area contributed by atoms with Crippen molar-refractivity contribution >= 4 is 5.71 Å². The van der Waals surface area contributed by atoms with Crippen molar-refractivity contribution in [2.45, 2.75) is 52.7 Å². The Balaban J connectivity index is 2.57. The molecule has 4 heteroatoms. The van der Waals surface area contributed by atoms with E-state index in [9.17, 15) is 0 Å². The van der Waals surface area contributed by atoms with E-state index < -0.39 is 0 Å². The first-order valence-electron chi connectivity index (χ1n) is 7.23. The van der Waals surface area contributed by atoms with E-state index in [2.05, 4.69) is 24.4 Å². The summed E-state index contributed by atoms with van der Waals surface area (Å²) in [6, 6.07) is 0. The molecule has 4 nitrogen and oxygen atoms in total. The van der Waals surface area contributed by atoms with E-state index in [1.807, 2.05) is 25.2 Å². The molecule has 0 saturated carbocycles. The molecular formula is C15H26N2O2. The average molecular weight is 266 g/mol. The van der Waals surface area contributed by atoms with Gasteiger partial charge in [0.2, 0.25) is 6.23 Å². The van der Waals surface area contributed by atoms with Crippen LogP contribution in [-0.2, 0) is 9.47 Å². The Labute approximate surface area is 116 Å². The van der Waals surface area contributed by atoms with Crippen molar-refractivity contribution in [1.82, 2.24) is 5.43 Å². The van der Waals surface area contributed by atoms with E-state index in [4.69, 9.17) is 9.47 Å². The van der Waals surface area contributed by atoms with Crippen molar-refractivity contribution in [1.29, 1.82) is 0 Å². The van der Waals surface area contributed by atoms with Crippen LogP contribution in [0.4, 0.5) is 0 Å². The van der Waals surface area contributed by atoms with E-state index >= 15 is 0 Å². The Kier molecular flexibility index (Phi) is 7.98. The van der Waals surface area contributed by atoms with Crippen molar-refractivity contribution in [2.24, 2.45) is 5.10 Å². The minimum Gasteiger partial charge on any atom is -0.493 e. The highest BCUT2D eigenvalue weighted by Crippen LogP contribution is 2.13. The van der Waals surface area contributed by atoms with Gasteiger partial charge in [0.1, 0.15) is 5.76 Å². The summed E-state index contributed by atoms with van der Waals surface area (Å²) in [5, 5.41) is 4.26. The standard InChI is InChI=1S/C15H26N2O2/c1-4-7-10-18-14-12-13(9-6-3)16-17-15(14)19-11-8-5-2/h6,9,12,15,17H,4-5,7-8,10-11H2,1-3H3/b9-6+. The number of ether oxygens (including phenoxy) is 2. The van der Waals surface area contributed by atoms with Crippen molar-refractivity contribution in [3.05, 3.63) is 24.0 Å². The fourth-order valence-corrected chi connectivity index (χ4v) is 1.62. The number of allylic oxidation sites excluding steroid dienone is 3. The zero-order valence-electron chi connectivity index (χ0n) is 12.3. The Bertz CT molecular complexity index is 335. The lowest BCUT2D eigenvalue weighted by atomic mass is 10.2. The minimum atomic E-state index is -0.252.